The number of hydrogen-bond acceptors (Lipinski definition) is 6. The molecule has 1 saturated heterocycles. The van der Waals surface area contributed by atoms with Crippen molar-refractivity contribution in [3.63, 3.8) is 0 Å². The van der Waals surface area contributed by atoms with E-state index in [0.717, 1.165) is 29.4 Å². The lowest BCUT2D eigenvalue weighted by molar-refractivity contribution is 0.114. The van der Waals surface area contributed by atoms with Crippen LogP contribution in [-0.2, 0) is 0 Å². The van der Waals surface area contributed by atoms with E-state index in [0.29, 0.717) is 28.2 Å². The molecule has 0 amide bonds. The van der Waals surface area contributed by atoms with Crippen molar-refractivity contribution in [2.24, 2.45) is 10.2 Å². The number of fused-ring (bicyclic) bond motifs is 1. The standard InChI is InChI=1S/C25H31BrN4O2/c1-24(2)13-16(14-25(3,4)29-24)30(5)22-8-6-7-19(27-28-22)18-11-15-9-10-20(31)23(26)17(15)12-21(18)32/h6,8-12,16,29,31-32H,7,13-14H2,1-5H3. The summed E-state index contributed by atoms with van der Waals surface area (Å²) in [6, 6.07) is 7.36. The minimum atomic E-state index is 0.0453. The highest BCUT2D eigenvalue weighted by Crippen LogP contribution is 2.36. The number of allylic oxidation sites excluding steroid dienone is 1. The van der Waals surface area contributed by atoms with Crippen molar-refractivity contribution in [1.29, 1.82) is 0 Å². The highest BCUT2D eigenvalue weighted by Gasteiger charge is 2.39. The molecule has 3 N–H and O–H groups in total. The van der Waals surface area contributed by atoms with Gasteiger partial charge in [0.15, 0.2) is 5.84 Å². The first-order chi connectivity index (χ1) is 15.0. The normalized spacial score (nSPS) is 20.6. The number of hydrogen-bond donors (Lipinski definition) is 3. The molecule has 7 heteroatoms. The van der Waals surface area contributed by atoms with Gasteiger partial charge in [0, 0.05) is 41.5 Å². The Morgan fingerprint density at radius 2 is 1.72 bits per heavy atom. The molecule has 170 valence electrons. The second kappa shape index (κ2) is 8.19. The van der Waals surface area contributed by atoms with E-state index in [1.807, 2.05) is 18.2 Å². The number of nitrogens with one attached hydrogen (secondary N) is 1. The van der Waals surface area contributed by atoms with Gasteiger partial charge in [0.2, 0.25) is 0 Å². The third kappa shape index (κ3) is 4.55. The monoisotopic (exact) mass is 498 g/mol. The molecule has 2 heterocycles. The number of aromatic hydroxyl groups is 2. The number of phenolic OH excluding ortho intramolecular Hbond substituents is 2. The van der Waals surface area contributed by atoms with Crippen LogP contribution in [0.25, 0.3) is 10.8 Å². The van der Waals surface area contributed by atoms with Gasteiger partial charge in [-0.2, -0.15) is 5.10 Å². The number of amidine groups is 1. The first kappa shape index (κ1) is 22.8. The third-order valence-electron chi connectivity index (χ3n) is 6.29. The Hall–Kier alpha value is -2.38. The van der Waals surface area contributed by atoms with Crippen LogP contribution in [0.4, 0.5) is 0 Å². The fourth-order valence-corrected chi connectivity index (χ4v) is 5.56. The van der Waals surface area contributed by atoms with Gasteiger partial charge in [-0.25, -0.2) is 0 Å². The van der Waals surface area contributed by atoms with Crippen LogP contribution in [0.1, 0.15) is 52.5 Å². The molecule has 32 heavy (non-hydrogen) atoms. The molecule has 4 rings (SSSR count). The summed E-state index contributed by atoms with van der Waals surface area (Å²) in [5.74, 6) is 1.08. The van der Waals surface area contributed by atoms with E-state index in [1.54, 1.807) is 12.1 Å². The van der Waals surface area contributed by atoms with E-state index >= 15 is 0 Å². The Bertz CT molecular complexity index is 1130. The average molecular weight is 499 g/mol. The summed E-state index contributed by atoms with van der Waals surface area (Å²) in [6.45, 7) is 8.99. The van der Waals surface area contributed by atoms with Gasteiger partial charge in [0.05, 0.1) is 10.2 Å². The minimum Gasteiger partial charge on any atom is -0.507 e. The number of benzene rings is 2. The van der Waals surface area contributed by atoms with Crippen molar-refractivity contribution in [2.75, 3.05) is 7.05 Å². The van der Waals surface area contributed by atoms with Crippen LogP contribution < -0.4 is 5.32 Å². The maximum atomic E-state index is 10.7. The first-order valence-corrected chi connectivity index (χ1v) is 11.7. The zero-order chi connectivity index (χ0) is 23.3. The molecule has 6 nitrogen and oxygen atoms in total. The topological polar surface area (TPSA) is 80.5 Å². The Morgan fingerprint density at radius 3 is 2.41 bits per heavy atom. The van der Waals surface area contributed by atoms with Crippen molar-refractivity contribution in [2.45, 2.75) is 64.1 Å². The molecule has 1 fully saturated rings. The predicted octanol–water partition coefficient (Wildman–Crippen LogP) is 5.32. The van der Waals surface area contributed by atoms with Gasteiger partial charge in [0.25, 0.3) is 0 Å². The van der Waals surface area contributed by atoms with Crippen LogP contribution in [0.2, 0.25) is 0 Å². The number of piperidine rings is 1. The molecule has 0 radical (unpaired) electrons. The molecule has 2 aliphatic rings. The van der Waals surface area contributed by atoms with Crippen LogP contribution >= 0.6 is 15.9 Å². The van der Waals surface area contributed by atoms with Crippen molar-refractivity contribution in [3.8, 4) is 11.5 Å². The number of likely N-dealkylation sites (N-methyl/N-ethyl adjacent to an activating group) is 1. The van der Waals surface area contributed by atoms with Gasteiger partial charge in [-0.15, -0.1) is 5.10 Å². The van der Waals surface area contributed by atoms with E-state index in [4.69, 9.17) is 0 Å². The molecular formula is C25H31BrN4O2. The van der Waals surface area contributed by atoms with Crippen molar-refractivity contribution >= 4 is 38.2 Å². The fourth-order valence-electron chi connectivity index (χ4n) is 5.09. The number of phenols is 2. The summed E-state index contributed by atoms with van der Waals surface area (Å²) in [6.07, 6.45) is 6.68. The van der Waals surface area contributed by atoms with E-state index in [2.05, 4.69) is 77.2 Å². The van der Waals surface area contributed by atoms with Gasteiger partial charge >= 0.3 is 0 Å². The van der Waals surface area contributed by atoms with Crippen molar-refractivity contribution in [3.05, 3.63) is 46.5 Å². The Morgan fingerprint density at radius 1 is 1.03 bits per heavy atom. The molecule has 2 aromatic rings. The first-order valence-electron chi connectivity index (χ1n) is 10.9. The van der Waals surface area contributed by atoms with E-state index < -0.39 is 0 Å². The van der Waals surface area contributed by atoms with Crippen LogP contribution in [0.3, 0.4) is 0 Å². The summed E-state index contributed by atoms with van der Waals surface area (Å²) < 4.78 is 0.564. The van der Waals surface area contributed by atoms with E-state index in [1.165, 1.54) is 0 Å². The molecule has 0 bridgehead atoms. The predicted molar refractivity (Wildman–Crippen MR) is 135 cm³/mol. The largest absolute Gasteiger partial charge is 0.507 e. The summed E-state index contributed by atoms with van der Waals surface area (Å²) in [4.78, 5) is 2.23. The van der Waals surface area contributed by atoms with Gasteiger partial charge in [-0.3, -0.25) is 0 Å². The lowest BCUT2D eigenvalue weighted by atomic mass is 9.79. The Kier molecular flexibility index (Phi) is 5.84. The summed E-state index contributed by atoms with van der Waals surface area (Å²) in [5.41, 5.74) is 1.45. The van der Waals surface area contributed by atoms with Gasteiger partial charge in [-0.1, -0.05) is 12.1 Å². The van der Waals surface area contributed by atoms with Crippen LogP contribution in [0.5, 0.6) is 11.5 Å². The second-order valence-electron chi connectivity index (χ2n) is 10.2. The third-order valence-corrected chi connectivity index (χ3v) is 7.12. The maximum absolute atomic E-state index is 10.7. The fraction of sp³-hybridized carbons (Fsp3) is 0.440. The highest BCUT2D eigenvalue weighted by atomic mass is 79.9. The van der Waals surface area contributed by atoms with E-state index in [-0.39, 0.29) is 22.6 Å². The van der Waals surface area contributed by atoms with E-state index in [9.17, 15) is 10.2 Å². The van der Waals surface area contributed by atoms with Crippen LogP contribution in [0.15, 0.2) is 51.1 Å². The molecule has 0 spiro atoms. The maximum Gasteiger partial charge on any atom is 0.150 e. The van der Waals surface area contributed by atoms with Gasteiger partial charge < -0.3 is 20.4 Å². The lowest BCUT2D eigenvalue weighted by Crippen LogP contribution is -2.62. The summed E-state index contributed by atoms with van der Waals surface area (Å²) >= 11 is 3.39. The molecule has 0 unspecified atom stereocenters. The molecule has 0 saturated carbocycles. The molecule has 0 atom stereocenters. The second-order valence-corrected chi connectivity index (χ2v) is 11.0. The molecule has 0 aliphatic carbocycles. The SMILES string of the molecule is CN(C1=NN=C(c2cc3ccc(O)c(Br)c3cc2O)CC=C1)C1CC(C)(C)NC(C)(C)C1. The number of rotatable bonds is 2. The van der Waals surface area contributed by atoms with Crippen LogP contribution in [0, 0.1) is 0 Å². The molecule has 0 aromatic heterocycles. The Labute approximate surface area is 197 Å². The van der Waals surface area contributed by atoms with Crippen molar-refractivity contribution in [1.82, 2.24) is 10.2 Å². The highest BCUT2D eigenvalue weighted by molar-refractivity contribution is 9.10. The zero-order valence-electron chi connectivity index (χ0n) is 19.3. The van der Waals surface area contributed by atoms with Crippen molar-refractivity contribution < 1.29 is 10.2 Å². The molecule has 2 aromatic carbocycles. The smallest absolute Gasteiger partial charge is 0.150 e. The average Bonchev–Trinajstić information content (AvgIpc) is 2.94. The molecule has 2 aliphatic heterocycles. The summed E-state index contributed by atoms with van der Waals surface area (Å²) in [5, 5.41) is 35.1. The minimum absolute atomic E-state index is 0.0453. The zero-order valence-corrected chi connectivity index (χ0v) is 20.9. The lowest BCUT2D eigenvalue weighted by Gasteiger charge is -2.49. The summed E-state index contributed by atoms with van der Waals surface area (Å²) in [7, 11) is 2.09. The number of nitrogens with zero attached hydrogens (tertiary/aromatic N) is 3. The van der Waals surface area contributed by atoms with Gasteiger partial charge in [-0.05, 0) is 86.1 Å². The Balaban J connectivity index is 1.65. The quantitative estimate of drug-likeness (QED) is 0.523. The van der Waals surface area contributed by atoms with Crippen LogP contribution in [-0.4, -0.2) is 50.8 Å². The number of halogens is 1. The van der Waals surface area contributed by atoms with Gasteiger partial charge in [0.1, 0.15) is 11.5 Å². The molecular weight excluding hydrogens is 468 g/mol.